The highest BCUT2D eigenvalue weighted by molar-refractivity contribution is 9.10. The van der Waals surface area contributed by atoms with Crippen LogP contribution in [0.25, 0.3) is 0 Å². The third-order valence-electron chi connectivity index (χ3n) is 3.82. The van der Waals surface area contributed by atoms with Crippen LogP contribution in [0.3, 0.4) is 0 Å². The van der Waals surface area contributed by atoms with E-state index in [-0.39, 0.29) is 5.54 Å². The van der Waals surface area contributed by atoms with Gasteiger partial charge in [0, 0.05) is 18.5 Å². The van der Waals surface area contributed by atoms with Gasteiger partial charge in [-0.3, -0.25) is 4.68 Å². The van der Waals surface area contributed by atoms with E-state index >= 15 is 0 Å². The van der Waals surface area contributed by atoms with Crippen LogP contribution < -0.4 is 5.73 Å². The average Bonchev–Trinajstić information content (AvgIpc) is 2.57. The Balaban J connectivity index is 2.22. The van der Waals surface area contributed by atoms with E-state index in [2.05, 4.69) is 32.6 Å². The van der Waals surface area contributed by atoms with Crippen LogP contribution in [0.1, 0.15) is 50.4 Å². The van der Waals surface area contributed by atoms with Gasteiger partial charge in [0.15, 0.2) is 0 Å². The van der Waals surface area contributed by atoms with Gasteiger partial charge in [0.05, 0.1) is 15.9 Å². The second kappa shape index (κ2) is 5.11. The molecule has 0 unspecified atom stereocenters. The minimum absolute atomic E-state index is 0.0137. The van der Waals surface area contributed by atoms with Crippen molar-refractivity contribution < 1.29 is 0 Å². The van der Waals surface area contributed by atoms with Crippen molar-refractivity contribution >= 4 is 15.9 Å². The minimum atomic E-state index is -0.0137. The van der Waals surface area contributed by atoms with Crippen LogP contribution in [0.2, 0.25) is 0 Å². The molecule has 0 spiro atoms. The highest BCUT2D eigenvalue weighted by atomic mass is 79.9. The van der Waals surface area contributed by atoms with Gasteiger partial charge in [-0.25, -0.2) is 0 Å². The van der Waals surface area contributed by atoms with Gasteiger partial charge in [-0.15, -0.1) is 0 Å². The molecule has 1 aromatic rings. The van der Waals surface area contributed by atoms with Gasteiger partial charge in [0.25, 0.3) is 0 Å². The van der Waals surface area contributed by atoms with Gasteiger partial charge in [0.2, 0.25) is 0 Å². The van der Waals surface area contributed by atoms with Crippen LogP contribution in [-0.4, -0.2) is 15.3 Å². The fourth-order valence-corrected chi connectivity index (χ4v) is 3.23. The summed E-state index contributed by atoms with van der Waals surface area (Å²) in [5, 5.41) is 4.54. The fraction of sp³-hybridized carbons (Fsp3) is 0.769. The number of nitrogens with zero attached hydrogens (tertiary/aromatic N) is 2. The van der Waals surface area contributed by atoms with E-state index < -0.39 is 0 Å². The zero-order chi connectivity index (χ0) is 12.5. The number of halogens is 1. The van der Waals surface area contributed by atoms with Crippen molar-refractivity contribution in [1.29, 1.82) is 0 Å². The van der Waals surface area contributed by atoms with Crippen molar-refractivity contribution in [2.45, 2.75) is 64.5 Å². The summed E-state index contributed by atoms with van der Waals surface area (Å²) in [6.07, 6.45) is 7.12. The molecule has 0 saturated heterocycles. The highest BCUT2D eigenvalue weighted by Crippen LogP contribution is 2.32. The summed E-state index contributed by atoms with van der Waals surface area (Å²) >= 11 is 3.65. The standard InChI is InChI=1S/C13H22BrN3/c1-3-17-11(12(14)10(2)16-17)9-13(15)7-5-4-6-8-13/h3-9,15H2,1-2H3. The van der Waals surface area contributed by atoms with Gasteiger partial charge < -0.3 is 5.73 Å². The van der Waals surface area contributed by atoms with E-state index in [1.807, 2.05) is 6.92 Å². The summed E-state index contributed by atoms with van der Waals surface area (Å²) < 4.78 is 3.23. The molecule has 1 fully saturated rings. The van der Waals surface area contributed by atoms with Crippen molar-refractivity contribution in [3.05, 3.63) is 15.9 Å². The summed E-state index contributed by atoms with van der Waals surface area (Å²) in [4.78, 5) is 0. The average molecular weight is 300 g/mol. The first kappa shape index (κ1) is 13.1. The molecule has 0 radical (unpaired) electrons. The Kier molecular flexibility index (Phi) is 3.93. The smallest absolute Gasteiger partial charge is 0.0738 e. The second-order valence-corrected chi connectivity index (χ2v) is 6.05. The number of rotatable bonds is 3. The summed E-state index contributed by atoms with van der Waals surface area (Å²) in [6.45, 7) is 5.09. The summed E-state index contributed by atoms with van der Waals surface area (Å²) in [6, 6.07) is 0. The lowest BCUT2D eigenvalue weighted by Crippen LogP contribution is -2.44. The summed E-state index contributed by atoms with van der Waals surface area (Å²) in [7, 11) is 0. The molecule has 0 atom stereocenters. The summed E-state index contributed by atoms with van der Waals surface area (Å²) in [5.41, 5.74) is 8.86. The zero-order valence-corrected chi connectivity index (χ0v) is 12.4. The van der Waals surface area contributed by atoms with Crippen LogP contribution >= 0.6 is 15.9 Å². The molecule has 0 bridgehead atoms. The Morgan fingerprint density at radius 2 is 2.00 bits per heavy atom. The maximum atomic E-state index is 6.53. The van der Waals surface area contributed by atoms with Gasteiger partial charge in [-0.05, 0) is 42.6 Å². The molecule has 4 heteroatoms. The molecule has 0 aliphatic heterocycles. The Morgan fingerprint density at radius 3 is 2.59 bits per heavy atom. The number of hydrogen-bond donors (Lipinski definition) is 1. The van der Waals surface area contributed by atoms with Crippen molar-refractivity contribution in [3.63, 3.8) is 0 Å². The Hall–Kier alpha value is -0.350. The molecule has 1 aliphatic rings. The van der Waals surface area contributed by atoms with Crippen molar-refractivity contribution in [2.75, 3.05) is 0 Å². The molecular formula is C13H22BrN3. The maximum absolute atomic E-state index is 6.53. The van der Waals surface area contributed by atoms with Crippen LogP contribution in [0.15, 0.2) is 4.47 Å². The van der Waals surface area contributed by atoms with Crippen molar-refractivity contribution in [1.82, 2.24) is 9.78 Å². The molecule has 0 amide bonds. The fourth-order valence-electron chi connectivity index (χ4n) is 2.80. The quantitative estimate of drug-likeness (QED) is 0.931. The largest absolute Gasteiger partial charge is 0.325 e. The van der Waals surface area contributed by atoms with Crippen LogP contribution in [0.4, 0.5) is 0 Å². The van der Waals surface area contributed by atoms with Gasteiger partial charge in [-0.2, -0.15) is 5.10 Å². The second-order valence-electron chi connectivity index (χ2n) is 5.26. The Bertz CT molecular complexity index is 392. The van der Waals surface area contributed by atoms with E-state index in [9.17, 15) is 0 Å². The van der Waals surface area contributed by atoms with Crippen molar-refractivity contribution in [3.8, 4) is 0 Å². The zero-order valence-electron chi connectivity index (χ0n) is 10.8. The van der Waals surface area contributed by atoms with E-state index in [1.165, 1.54) is 25.0 Å². The first-order valence-corrected chi connectivity index (χ1v) is 7.36. The van der Waals surface area contributed by atoms with Gasteiger partial charge in [0.1, 0.15) is 0 Å². The maximum Gasteiger partial charge on any atom is 0.0738 e. The lowest BCUT2D eigenvalue weighted by molar-refractivity contribution is 0.288. The van der Waals surface area contributed by atoms with Gasteiger partial charge >= 0.3 is 0 Å². The van der Waals surface area contributed by atoms with Gasteiger partial charge in [-0.1, -0.05) is 19.3 Å². The molecule has 1 heterocycles. The van der Waals surface area contributed by atoms with E-state index in [0.717, 1.165) is 36.0 Å². The molecule has 2 N–H and O–H groups in total. The molecule has 3 nitrogen and oxygen atoms in total. The predicted octanol–water partition coefficient (Wildman–Crippen LogP) is 3.18. The number of aryl methyl sites for hydroxylation is 2. The number of aromatic nitrogens is 2. The van der Waals surface area contributed by atoms with Crippen LogP contribution in [-0.2, 0) is 13.0 Å². The lowest BCUT2D eigenvalue weighted by Gasteiger charge is -2.33. The minimum Gasteiger partial charge on any atom is -0.325 e. The SMILES string of the molecule is CCn1nc(C)c(Br)c1CC1(N)CCCCC1. The molecule has 0 aromatic carbocycles. The lowest BCUT2D eigenvalue weighted by atomic mass is 9.79. The molecule has 1 aliphatic carbocycles. The Morgan fingerprint density at radius 1 is 1.35 bits per heavy atom. The molecular weight excluding hydrogens is 278 g/mol. The topological polar surface area (TPSA) is 43.8 Å². The van der Waals surface area contributed by atoms with Crippen LogP contribution in [0, 0.1) is 6.92 Å². The molecule has 96 valence electrons. The molecule has 1 aromatic heterocycles. The first-order valence-electron chi connectivity index (χ1n) is 6.56. The van der Waals surface area contributed by atoms with E-state index in [4.69, 9.17) is 5.73 Å². The Labute approximate surface area is 112 Å². The molecule has 17 heavy (non-hydrogen) atoms. The van der Waals surface area contributed by atoms with E-state index in [1.54, 1.807) is 0 Å². The van der Waals surface area contributed by atoms with Crippen LogP contribution in [0.5, 0.6) is 0 Å². The molecule has 2 rings (SSSR count). The number of hydrogen-bond acceptors (Lipinski definition) is 2. The monoisotopic (exact) mass is 299 g/mol. The number of nitrogens with two attached hydrogens (primary N) is 1. The first-order chi connectivity index (χ1) is 8.06. The normalized spacial score (nSPS) is 19.5. The predicted molar refractivity (Wildman–Crippen MR) is 74.0 cm³/mol. The van der Waals surface area contributed by atoms with E-state index in [0.29, 0.717) is 0 Å². The molecule has 1 saturated carbocycles. The third-order valence-corrected chi connectivity index (χ3v) is 4.85. The van der Waals surface area contributed by atoms with Crippen molar-refractivity contribution in [2.24, 2.45) is 5.73 Å². The summed E-state index contributed by atoms with van der Waals surface area (Å²) in [5.74, 6) is 0. The third kappa shape index (κ3) is 2.74. The highest BCUT2D eigenvalue weighted by Gasteiger charge is 2.30.